The maximum absolute atomic E-state index is 11.1. The van der Waals surface area contributed by atoms with Gasteiger partial charge in [-0.25, -0.2) is 9.59 Å². The van der Waals surface area contributed by atoms with Crippen LogP contribution in [0.15, 0.2) is 0 Å². The summed E-state index contributed by atoms with van der Waals surface area (Å²) in [6.07, 6.45) is -1.64. The molecule has 0 aromatic rings. The highest BCUT2D eigenvalue weighted by atomic mass is 16.4. The molecule has 16 heavy (non-hydrogen) atoms. The molecule has 0 aromatic carbocycles. The van der Waals surface area contributed by atoms with Crippen LogP contribution < -0.4 is 16.4 Å². The normalized spacial score (nSPS) is 13.6. The van der Waals surface area contributed by atoms with Crippen molar-refractivity contribution in [3.8, 4) is 0 Å². The first kappa shape index (κ1) is 14.2. The molecule has 0 bridgehead atoms. The summed E-state index contributed by atoms with van der Waals surface area (Å²) in [6.45, 7) is 1.39. The number of nitrogens with one attached hydrogen (secondary N) is 2. The fraction of sp³-hybridized carbons (Fsp3) is 0.625. The second-order valence-electron chi connectivity index (χ2n) is 3.17. The third kappa shape index (κ3) is 5.81. The average Bonchev–Trinajstić information content (AvgIpc) is 2.16. The average molecular weight is 233 g/mol. The molecular formula is C8H15N3O5. The molecule has 0 heterocycles. The summed E-state index contributed by atoms with van der Waals surface area (Å²) in [5.74, 6) is -2.03. The van der Waals surface area contributed by atoms with E-state index in [1.165, 1.54) is 6.92 Å². The van der Waals surface area contributed by atoms with Crippen molar-refractivity contribution in [3.05, 3.63) is 0 Å². The van der Waals surface area contributed by atoms with Crippen LogP contribution in [0, 0.1) is 0 Å². The number of carboxylic acids is 1. The van der Waals surface area contributed by atoms with Gasteiger partial charge in [0, 0.05) is 13.0 Å². The highest BCUT2D eigenvalue weighted by Gasteiger charge is 2.14. The topological polar surface area (TPSA) is 142 Å². The summed E-state index contributed by atoms with van der Waals surface area (Å²) in [5, 5.41) is 21.7. The Morgan fingerprint density at radius 2 is 1.94 bits per heavy atom. The highest BCUT2D eigenvalue weighted by molar-refractivity contribution is 5.85. The lowest BCUT2D eigenvalue weighted by atomic mass is 10.2. The molecule has 0 aromatic heterocycles. The third-order valence-electron chi connectivity index (χ3n) is 1.76. The number of carbonyl (C=O) groups excluding carboxylic acids is 2. The van der Waals surface area contributed by atoms with E-state index in [9.17, 15) is 14.4 Å². The van der Waals surface area contributed by atoms with Gasteiger partial charge >= 0.3 is 12.0 Å². The van der Waals surface area contributed by atoms with E-state index < -0.39 is 30.1 Å². The quantitative estimate of drug-likeness (QED) is 0.360. The number of hydrogen-bond donors (Lipinski definition) is 5. The minimum atomic E-state index is -1.52. The van der Waals surface area contributed by atoms with Crippen molar-refractivity contribution in [3.63, 3.8) is 0 Å². The van der Waals surface area contributed by atoms with Crippen LogP contribution in [0.5, 0.6) is 0 Å². The number of aliphatic hydroxyl groups is 1. The maximum Gasteiger partial charge on any atom is 0.332 e. The minimum Gasteiger partial charge on any atom is -0.479 e. The number of aliphatic hydroxyl groups excluding tert-OH is 1. The molecule has 8 heteroatoms. The van der Waals surface area contributed by atoms with Crippen molar-refractivity contribution in [2.45, 2.75) is 25.5 Å². The first-order chi connectivity index (χ1) is 7.34. The van der Waals surface area contributed by atoms with E-state index in [0.717, 1.165) is 0 Å². The van der Waals surface area contributed by atoms with Crippen LogP contribution in [0.3, 0.4) is 0 Å². The molecule has 0 spiro atoms. The van der Waals surface area contributed by atoms with Crippen molar-refractivity contribution in [1.29, 1.82) is 0 Å². The molecule has 0 rings (SSSR count). The zero-order chi connectivity index (χ0) is 12.7. The minimum absolute atomic E-state index is 0.0230. The van der Waals surface area contributed by atoms with Gasteiger partial charge in [0.1, 0.15) is 6.04 Å². The SMILES string of the molecule is CC(NC(=O)NCCC(O)C(=O)O)C(N)=O. The first-order valence-electron chi connectivity index (χ1n) is 4.59. The number of aliphatic carboxylic acids is 1. The molecular weight excluding hydrogens is 218 g/mol. The number of primary amides is 1. The summed E-state index contributed by atoms with van der Waals surface area (Å²) >= 11 is 0. The van der Waals surface area contributed by atoms with Crippen LogP contribution in [-0.4, -0.2) is 46.8 Å². The molecule has 0 radical (unpaired) electrons. The number of hydrogen-bond acceptors (Lipinski definition) is 4. The van der Waals surface area contributed by atoms with Gasteiger partial charge in [0.25, 0.3) is 0 Å². The second kappa shape index (κ2) is 6.62. The Hall–Kier alpha value is -1.83. The Bertz CT molecular complexity index is 281. The van der Waals surface area contributed by atoms with Crippen LogP contribution in [0.2, 0.25) is 0 Å². The highest BCUT2D eigenvalue weighted by Crippen LogP contribution is 1.89. The largest absolute Gasteiger partial charge is 0.479 e. The molecule has 0 aliphatic carbocycles. The zero-order valence-corrected chi connectivity index (χ0v) is 8.77. The second-order valence-corrected chi connectivity index (χ2v) is 3.17. The van der Waals surface area contributed by atoms with E-state index in [0.29, 0.717) is 0 Å². The lowest BCUT2D eigenvalue weighted by Crippen LogP contribution is -2.47. The van der Waals surface area contributed by atoms with Gasteiger partial charge in [0.2, 0.25) is 5.91 Å². The molecule has 92 valence electrons. The Labute approximate surface area is 91.8 Å². The van der Waals surface area contributed by atoms with E-state index in [4.69, 9.17) is 15.9 Å². The molecule has 2 atom stereocenters. The van der Waals surface area contributed by atoms with Crippen molar-refractivity contribution in [2.24, 2.45) is 5.73 Å². The standard InChI is InChI=1S/C8H15N3O5/c1-4(6(9)13)11-8(16)10-3-2-5(12)7(14)15/h4-5,12H,2-3H2,1H3,(H2,9,13)(H,14,15)(H2,10,11,16). The van der Waals surface area contributed by atoms with Gasteiger partial charge in [-0.1, -0.05) is 0 Å². The Morgan fingerprint density at radius 3 is 2.38 bits per heavy atom. The predicted octanol–water partition coefficient (Wildman–Crippen LogP) is -2.00. The van der Waals surface area contributed by atoms with E-state index >= 15 is 0 Å². The number of urea groups is 1. The van der Waals surface area contributed by atoms with E-state index in [1.807, 2.05) is 0 Å². The molecule has 0 aliphatic heterocycles. The summed E-state index contributed by atoms with van der Waals surface area (Å²) in [4.78, 5) is 31.8. The Morgan fingerprint density at radius 1 is 1.38 bits per heavy atom. The van der Waals surface area contributed by atoms with E-state index in [-0.39, 0.29) is 13.0 Å². The van der Waals surface area contributed by atoms with Crippen molar-refractivity contribution in [1.82, 2.24) is 10.6 Å². The zero-order valence-electron chi connectivity index (χ0n) is 8.77. The number of carboxylic acid groups (broad SMARTS) is 1. The molecule has 3 amide bonds. The monoisotopic (exact) mass is 233 g/mol. The van der Waals surface area contributed by atoms with Crippen molar-refractivity contribution < 1.29 is 24.6 Å². The van der Waals surface area contributed by atoms with Gasteiger partial charge in [-0.05, 0) is 6.92 Å². The summed E-state index contributed by atoms with van der Waals surface area (Å²) in [6, 6.07) is -1.46. The van der Waals surface area contributed by atoms with Gasteiger partial charge in [-0.2, -0.15) is 0 Å². The fourth-order valence-corrected chi connectivity index (χ4v) is 0.765. The summed E-state index contributed by atoms with van der Waals surface area (Å²) in [5.41, 5.74) is 4.90. The number of carbonyl (C=O) groups is 3. The van der Waals surface area contributed by atoms with Crippen LogP contribution >= 0.6 is 0 Å². The lowest BCUT2D eigenvalue weighted by molar-refractivity contribution is -0.146. The first-order valence-corrected chi connectivity index (χ1v) is 4.59. The van der Waals surface area contributed by atoms with Crippen molar-refractivity contribution >= 4 is 17.9 Å². The predicted molar refractivity (Wildman–Crippen MR) is 53.5 cm³/mol. The van der Waals surface area contributed by atoms with Crippen molar-refractivity contribution in [2.75, 3.05) is 6.54 Å². The molecule has 6 N–H and O–H groups in total. The molecule has 8 nitrogen and oxygen atoms in total. The third-order valence-corrected chi connectivity index (χ3v) is 1.76. The van der Waals surface area contributed by atoms with Gasteiger partial charge in [-0.15, -0.1) is 0 Å². The van der Waals surface area contributed by atoms with E-state index in [2.05, 4.69) is 10.6 Å². The summed E-state index contributed by atoms with van der Waals surface area (Å²) < 4.78 is 0. The van der Waals surface area contributed by atoms with Gasteiger partial charge in [0.15, 0.2) is 6.10 Å². The van der Waals surface area contributed by atoms with Crippen LogP contribution in [-0.2, 0) is 9.59 Å². The smallest absolute Gasteiger partial charge is 0.332 e. The summed E-state index contributed by atoms with van der Waals surface area (Å²) in [7, 11) is 0. The fourth-order valence-electron chi connectivity index (χ4n) is 0.765. The van der Waals surface area contributed by atoms with Gasteiger partial charge in [-0.3, -0.25) is 4.79 Å². The number of rotatable bonds is 6. The van der Waals surface area contributed by atoms with Gasteiger partial charge in [0.05, 0.1) is 0 Å². The van der Waals surface area contributed by atoms with Crippen LogP contribution in [0.1, 0.15) is 13.3 Å². The molecule has 0 saturated heterocycles. The molecule has 0 fully saturated rings. The molecule has 0 aliphatic rings. The lowest BCUT2D eigenvalue weighted by Gasteiger charge is -2.11. The van der Waals surface area contributed by atoms with Gasteiger partial charge < -0.3 is 26.6 Å². The number of nitrogens with two attached hydrogens (primary N) is 1. The van der Waals surface area contributed by atoms with Crippen LogP contribution in [0.4, 0.5) is 4.79 Å². The van der Waals surface area contributed by atoms with Crippen LogP contribution in [0.25, 0.3) is 0 Å². The number of amides is 3. The molecule has 2 unspecified atom stereocenters. The molecule has 0 saturated carbocycles. The maximum atomic E-state index is 11.1. The Kier molecular flexibility index (Phi) is 5.86. The Balaban J connectivity index is 3.74. The van der Waals surface area contributed by atoms with E-state index in [1.54, 1.807) is 0 Å².